The standard InChI is InChI=1S/C14H14/c1-10-5-4-8-13-12-7-3-2-6-11(12)9-14(10)13/h2-7,13H,8-9H2,1H3. The molecule has 1 aromatic rings. The predicted molar refractivity (Wildman–Crippen MR) is 59.3 cm³/mol. The zero-order valence-electron chi connectivity index (χ0n) is 8.46. The van der Waals surface area contributed by atoms with Crippen LogP contribution in [0.1, 0.15) is 30.4 Å². The minimum atomic E-state index is 0.691. The maximum Gasteiger partial charge on any atom is 0.00946 e. The van der Waals surface area contributed by atoms with E-state index in [9.17, 15) is 0 Å². The molecule has 1 atom stereocenters. The molecule has 0 aliphatic heterocycles. The molecule has 0 nitrogen and oxygen atoms in total. The van der Waals surface area contributed by atoms with E-state index in [4.69, 9.17) is 0 Å². The summed E-state index contributed by atoms with van der Waals surface area (Å²) in [5, 5.41) is 0. The zero-order valence-corrected chi connectivity index (χ0v) is 8.46. The Morgan fingerprint density at radius 3 is 3.00 bits per heavy atom. The van der Waals surface area contributed by atoms with Crippen molar-refractivity contribution in [3.63, 3.8) is 0 Å². The lowest BCUT2D eigenvalue weighted by molar-refractivity contribution is 0.808. The van der Waals surface area contributed by atoms with E-state index in [1.54, 1.807) is 11.1 Å². The van der Waals surface area contributed by atoms with E-state index in [2.05, 4.69) is 43.3 Å². The molecule has 0 bridgehead atoms. The molecular formula is C14H14. The second-order valence-corrected chi connectivity index (χ2v) is 4.27. The molecule has 3 rings (SSSR count). The van der Waals surface area contributed by atoms with Gasteiger partial charge in [0.2, 0.25) is 0 Å². The lowest BCUT2D eigenvalue weighted by Crippen LogP contribution is -2.00. The van der Waals surface area contributed by atoms with E-state index in [1.165, 1.54) is 24.0 Å². The van der Waals surface area contributed by atoms with Crippen LogP contribution in [0.4, 0.5) is 0 Å². The van der Waals surface area contributed by atoms with Crippen molar-refractivity contribution in [1.82, 2.24) is 0 Å². The first-order chi connectivity index (χ1) is 6.86. The molecule has 0 spiro atoms. The summed E-state index contributed by atoms with van der Waals surface area (Å²) in [6.45, 7) is 2.24. The van der Waals surface area contributed by atoms with Crippen LogP contribution in [0.3, 0.4) is 0 Å². The summed E-state index contributed by atoms with van der Waals surface area (Å²) in [5.41, 5.74) is 6.23. The number of hydrogen-bond acceptors (Lipinski definition) is 0. The number of rotatable bonds is 0. The molecule has 2 aliphatic carbocycles. The summed E-state index contributed by atoms with van der Waals surface area (Å²) >= 11 is 0. The molecular weight excluding hydrogens is 168 g/mol. The average Bonchev–Trinajstić information content (AvgIpc) is 2.59. The van der Waals surface area contributed by atoms with E-state index < -0.39 is 0 Å². The number of hydrogen-bond donors (Lipinski definition) is 0. The van der Waals surface area contributed by atoms with Gasteiger partial charge in [-0.1, -0.05) is 47.6 Å². The van der Waals surface area contributed by atoms with Gasteiger partial charge in [-0.05, 0) is 30.9 Å². The second kappa shape index (κ2) is 2.84. The molecule has 2 aliphatic rings. The number of allylic oxidation sites excluding steroid dienone is 4. The van der Waals surface area contributed by atoms with Gasteiger partial charge in [-0.2, -0.15) is 0 Å². The fourth-order valence-electron chi connectivity index (χ4n) is 2.72. The Balaban J connectivity index is 2.16. The summed E-state index contributed by atoms with van der Waals surface area (Å²) in [6.07, 6.45) is 6.96. The van der Waals surface area contributed by atoms with Gasteiger partial charge in [-0.15, -0.1) is 0 Å². The van der Waals surface area contributed by atoms with Crippen molar-refractivity contribution in [3.05, 3.63) is 58.7 Å². The molecule has 0 fully saturated rings. The number of benzene rings is 1. The Labute approximate surface area is 85.0 Å². The highest BCUT2D eigenvalue weighted by Gasteiger charge is 2.28. The van der Waals surface area contributed by atoms with Crippen LogP contribution in [0.15, 0.2) is 47.6 Å². The molecule has 1 unspecified atom stereocenters. The average molecular weight is 182 g/mol. The van der Waals surface area contributed by atoms with Crippen molar-refractivity contribution in [2.75, 3.05) is 0 Å². The third-order valence-corrected chi connectivity index (χ3v) is 3.48. The summed E-state index contributed by atoms with van der Waals surface area (Å²) in [4.78, 5) is 0. The molecule has 0 saturated heterocycles. The van der Waals surface area contributed by atoms with E-state index in [-0.39, 0.29) is 0 Å². The van der Waals surface area contributed by atoms with Gasteiger partial charge < -0.3 is 0 Å². The summed E-state index contributed by atoms with van der Waals surface area (Å²) in [6, 6.07) is 8.88. The smallest absolute Gasteiger partial charge is 0.00946 e. The van der Waals surface area contributed by atoms with Gasteiger partial charge in [0.25, 0.3) is 0 Å². The highest BCUT2D eigenvalue weighted by atomic mass is 14.3. The normalized spacial score (nSPS) is 23.6. The van der Waals surface area contributed by atoms with Crippen LogP contribution in [0.25, 0.3) is 0 Å². The fourth-order valence-corrected chi connectivity index (χ4v) is 2.72. The molecule has 0 amide bonds. The maximum atomic E-state index is 2.31. The van der Waals surface area contributed by atoms with Gasteiger partial charge in [0.05, 0.1) is 0 Å². The minimum absolute atomic E-state index is 0.691. The minimum Gasteiger partial charge on any atom is -0.0833 e. The maximum absolute atomic E-state index is 2.31. The van der Waals surface area contributed by atoms with Gasteiger partial charge in [0, 0.05) is 5.92 Å². The highest BCUT2D eigenvalue weighted by Crippen LogP contribution is 2.43. The monoisotopic (exact) mass is 182 g/mol. The molecule has 0 heteroatoms. The molecule has 14 heavy (non-hydrogen) atoms. The summed E-state index contributed by atoms with van der Waals surface area (Å²) < 4.78 is 0. The van der Waals surface area contributed by atoms with Crippen LogP contribution in [0.5, 0.6) is 0 Å². The highest BCUT2D eigenvalue weighted by molar-refractivity contribution is 5.50. The predicted octanol–water partition coefficient (Wildman–Crippen LogP) is 3.60. The first-order valence-electron chi connectivity index (χ1n) is 5.30. The molecule has 70 valence electrons. The van der Waals surface area contributed by atoms with Crippen LogP contribution >= 0.6 is 0 Å². The Morgan fingerprint density at radius 2 is 2.07 bits per heavy atom. The molecule has 0 N–H and O–H groups in total. The fraction of sp³-hybridized carbons (Fsp3) is 0.286. The SMILES string of the molecule is CC1=C2Cc3ccccc3C2CC=C1. The Hall–Kier alpha value is -1.30. The third-order valence-electron chi connectivity index (χ3n) is 3.48. The largest absolute Gasteiger partial charge is 0.0833 e. The van der Waals surface area contributed by atoms with Gasteiger partial charge in [-0.25, -0.2) is 0 Å². The van der Waals surface area contributed by atoms with Crippen molar-refractivity contribution in [2.24, 2.45) is 0 Å². The van der Waals surface area contributed by atoms with E-state index in [0.29, 0.717) is 5.92 Å². The van der Waals surface area contributed by atoms with Gasteiger partial charge >= 0.3 is 0 Å². The van der Waals surface area contributed by atoms with Gasteiger partial charge in [-0.3, -0.25) is 0 Å². The Bertz CT molecular complexity index is 435. The quantitative estimate of drug-likeness (QED) is 0.575. The van der Waals surface area contributed by atoms with Gasteiger partial charge in [0.1, 0.15) is 0 Å². The molecule has 0 aromatic heterocycles. The van der Waals surface area contributed by atoms with Crippen molar-refractivity contribution >= 4 is 0 Å². The number of fused-ring (bicyclic) bond motifs is 3. The first-order valence-corrected chi connectivity index (χ1v) is 5.30. The van der Waals surface area contributed by atoms with Crippen LogP contribution in [-0.4, -0.2) is 0 Å². The first kappa shape index (κ1) is 8.05. The summed E-state index contributed by atoms with van der Waals surface area (Å²) in [7, 11) is 0. The Kier molecular flexibility index (Phi) is 1.63. The van der Waals surface area contributed by atoms with Crippen LogP contribution in [0.2, 0.25) is 0 Å². The van der Waals surface area contributed by atoms with Gasteiger partial charge in [0.15, 0.2) is 0 Å². The van der Waals surface area contributed by atoms with Crippen molar-refractivity contribution in [3.8, 4) is 0 Å². The van der Waals surface area contributed by atoms with E-state index in [1.807, 2.05) is 0 Å². The lowest BCUT2D eigenvalue weighted by atomic mass is 9.87. The molecule has 0 heterocycles. The molecule has 0 radical (unpaired) electrons. The summed E-state index contributed by atoms with van der Waals surface area (Å²) in [5.74, 6) is 0.691. The third kappa shape index (κ3) is 1.00. The van der Waals surface area contributed by atoms with E-state index in [0.717, 1.165) is 0 Å². The van der Waals surface area contributed by atoms with Crippen molar-refractivity contribution < 1.29 is 0 Å². The van der Waals surface area contributed by atoms with E-state index >= 15 is 0 Å². The van der Waals surface area contributed by atoms with Crippen LogP contribution < -0.4 is 0 Å². The van der Waals surface area contributed by atoms with Crippen LogP contribution in [-0.2, 0) is 6.42 Å². The lowest BCUT2D eigenvalue weighted by Gasteiger charge is -2.17. The molecule has 1 aromatic carbocycles. The Morgan fingerprint density at radius 1 is 1.21 bits per heavy atom. The topological polar surface area (TPSA) is 0 Å². The molecule has 0 saturated carbocycles. The zero-order chi connectivity index (χ0) is 9.54. The van der Waals surface area contributed by atoms with Crippen LogP contribution in [0, 0.1) is 0 Å². The van der Waals surface area contributed by atoms with Crippen molar-refractivity contribution in [2.45, 2.75) is 25.7 Å². The second-order valence-electron chi connectivity index (χ2n) is 4.27. The van der Waals surface area contributed by atoms with Crippen molar-refractivity contribution in [1.29, 1.82) is 0 Å².